The van der Waals surface area contributed by atoms with Gasteiger partial charge in [-0.3, -0.25) is 4.79 Å². The molecule has 2 aromatic carbocycles. The zero-order valence-electron chi connectivity index (χ0n) is 18.0. The minimum absolute atomic E-state index is 0.111. The van der Waals surface area contributed by atoms with Gasteiger partial charge in [0.25, 0.3) is 5.91 Å². The average molecular weight is 505 g/mol. The average Bonchev–Trinajstić information content (AvgIpc) is 3.37. The van der Waals surface area contributed by atoms with Crippen LogP contribution in [0.25, 0.3) is 0 Å². The Balaban J connectivity index is 1.49. The van der Waals surface area contributed by atoms with Crippen LogP contribution in [0.15, 0.2) is 36.4 Å². The Morgan fingerprint density at radius 1 is 0.941 bits per heavy atom. The second-order valence-corrected chi connectivity index (χ2v) is 9.05. The van der Waals surface area contributed by atoms with Gasteiger partial charge < -0.3 is 14.5 Å². The molecule has 0 aliphatic carbocycles. The number of benzene rings is 2. The van der Waals surface area contributed by atoms with E-state index in [-0.39, 0.29) is 24.1 Å². The molecule has 34 heavy (non-hydrogen) atoms. The first-order valence-electron chi connectivity index (χ1n) is 10.9. The zero-order valence-corrected chi connectivity index (χ0v) is 19.5. The van der Waals surface area contributed by atoms with Crippen molar-refractivity contribution in [1.29, 1.82) is 0 Å². The normalized spacial score (nSPS) is 15.4. The number of hydrogen-bond donors (Lipinski definition) is 0. The van der Waals surface area contributed by atoms with Crippen LogP contribution in [0.4, 0.5) is 14.7 Å². The Morgan fingerprint density at radius 3 is 2.47 bits per heavy atom. The molecule has 3 heterocycles. The maximum absolute atomic E-state index is 13.8. The molecule has 5 rings (SSSR count). The van der Waals surface area contributed by atoms with Crippen molar-refractivity contribution >= 4 is 35.1 Å². The lowest BCUT2D eigenvalue weighted by Gasteiger charge is -2.30. The van der Waals surface area contributed by atoms with E-state index in [1.807, 2.05) is 0 Å². The Morgan fingerprint density at radius 2 is 1.74 bits per heavy atom. The van der Waals surface area contributed by atoms with Crippen LogP contribution in [-0.4, -0.2) is 40.4 Å². The zero-order chi connectivity index (χ0) is 23.8. The predicted molar refractivity (Wildman–Crippen MR) is 125 cm³/mol. The number of anilines is 1. The monoisotopic (exact) mass is 504 g/mol. The predicted octanol–water partition coefficient (Wildman–Crippen LogP) is 5.65. The third kappa shape index (κ3) is 4.52. The summed E-state index contributed by atoms with van der Waals surface area (Å²) in [5.74, 6) is -1.32. The number of nitrogens with zero attached hydrogens (tertiary/aromatic N) is 4. The van der Waals surface area contributed by atoms with Gasteiger partial charge in [0.1, 0.15) is 5.75 Å². The van der Waals surface area contributed by atoms with E-state index in [4.69, 9.17) is 32.9 Å². The first-order valence-corrected chi connectivity index (χ1v) is 11.7. The molecule has 1 saturated heterocycles. The number of ether oxygens (including phenoxy) is 1. The first-order chi connectivity index (χ1) is 16.4. The summed E-state index contributed by atoms with van der Waals surface area (Å²) >= 11 is 12.1. The fourth-order valence-electron chi connectivity index (χ4n) is 4.15. The molecular formula is C24H20Cl2F2N4O2. The van der Waals surface area contributed by atoms with Gasteiger partial charge in [0, 0.05) is 37.7 Å². The summed E-state index contributed by atoms with van der Waals surface area (Å²) in [6, 6.07) is 8.05. The molecule has 6 nitrogen and oxygen atoms in total. The molecule has 2 aliphatic rings. The van der Waals surface area contributed by atoms with Crippen molar-refractivity contribution in [3.8, 4) is 11.6 Å². The van der Waals surface area contributed by atoms with E-state index in [0.717, 1.165) is 43.8 Å². The minimum Gasteiger partial charge on any atom is -0.438 e. The molecule has 176 valence electrons. The Bertz CT molecular complexity index is 1270. The molecule has 3 aromatic rings. The van der Waals surface area contributed by atoms with Crippen LogP contribution in [0, 0.1) is 11.6 Å². The number of carbonyl (C=O) groups excluding carboxylic acids is 1. The van der Waals surface area contributed by atoms with Gasteiger partial charge in [-0.05, 0) is 43.2 Å². The maximum Gasteiger partial charge on any atom is 0.254 e. The van der Waals surface area contributed by atoms with Crippen molar-refractivity contribution in [3.63, 3.8) is 0 Å². The molecule has 0 atom stereocenters. The summed E-state index contributed by atoms with van der Waals surface area (Å²) in [7, 11) is 0. The van der Waals surface area contributed by atoms with E-state index in [1.54, 1.807) is 17.0 Å². The molecule has 1 amide bonds. The van der Waals surface area contributed by atoms with E-state index >= 15 is 0 Å². The molecular weight excluding hydrogens is 485 g/mol. The maximum atomic E-state index is 13.8. The van der Waals surface area contributed by atoms with Gasteiger partial charge in [-0.2, -0.15) is 4.98 Å². The fraction of sp³-hybridized carbons (Fsp3) is 0.292. The van der Waals surface area contributed by atoms with E-state index in [0.29, 0.717) is 40.1 Å². The summed E-state index contributed by atoms with van der Waals surface area (Å²) in [6.45, 7) is 2.33. The highest BCUT2D eigenvalue weighted by atomic mass is 35.5. The largest absolute Gasteiger partial charge is 0.438 e. The van der Waals surface area contributed by atoms with Crippen LogP contribution in [0.3, 0.4) is 0 Å². The van der Waals surface area contributed by atoms with E-state index in [2.05, 4.69) is 9.88 Å². The van der Waals surface area contributed by atoms with Crippen LogP contribution < -0.4 is 9.64 Å². The second-order valence-electron chi connectivity index (χ2n) is 8.23. The highest BCUT2D eigenvalue weighted by molar-refractivity contribution is 6.42. The van der Waals surface area contributed by atoms with Crippen molar-refractivity contribution < 1.29 is 18.3 Å². The van der Waals surface area contributed by atoms with Crippen LogP contribution in [0.1, 0.15) is 34.5 Å². The summed E-state index contributed by atoms with van der Waals surface area (Å²) in [5.41, 5.74) is 1.82. The highest BCUT2D eigenvalue weighted by Gasteiger charge is 2.29. The Hall–Kier alpha value is -2.97. The Labute approximate surface area is 205 Å². The number of aromatic nitrogens is 2. The van der Waals surface area contributed by atoms with Crippen molar-refractivity contribution in [1.82, 2.24) is 14.9 Å². The molecule has 2 aliphatic heterocycles. The molecule has 0 N–H and O–H groups in total. The van der Waals surface area contributed by atoms with Gasteiger partial charge in [-0.25, -0.2) is 13.8 Å². The molecule has 1 fully saturated rings. The second kappa shape index (κ2) is 9.35. The lowest BCUT2D eigenvalue weighted by atomic mass is 10.1. The molecule has 10 heteroatoms. The summed E-state index contributed by atoms with van der Waals surface area (Å²) in [4.78, 5) is 26.2. The van der Waals surface area contributed by atoms with Crippen LogP contribution >= 0.6 is 23.2 Å². The van der Waals surface area contributed by atoms with Gasteiger partial charge in [0.2, 0.25) is 11.8 Å². The number of carbonyl (C=O) groups is 1. The lowest BCUT2D eigenvalue weighted by molar-refractivity contribution is 0.0732. The van der Waals surface area contributed by atoms with Crippen LogP contribution in [0.5, 0.6) is 11.6 Å². The summed E-state index contributed by atoms with van der Waals surface area (Å²) in [5, 5.41) is 0.665. The molecule has 0 spiro atoms. The van der Waals surface area contributed by atoms with E-state index in [9.17, 15) is 13.6 Å². The molecule has 0 radical (unpaired) electrons. The van der Waals surface area contributed by atoms with Crippen molar-refractivity contribution in [2.45, 2.75) is 25.8 Å². The van der Waals surface area contributed by atoms with Gasteiger partial charge in [-0.15, -0.1) is 0 Å². The molecule has 1 aromatic heterocycles. The molecule has 0 bridgehead atoms. The smallest absolute Gasteiger partial charge is 0.254 e. The molecule has 0 unspecified atom stereocenters. The topological polar surface area (TPSA) is 58.6 Å². The number of fused-ring (bicyclic) bond motifs is 1. The van der Waals surface area contributed by atoms with Gasteiger partial charge in [-0.1, -0.05) is 23.2 Å². The van der Waals surface area contributed by atoms with Gasteiger partial charge in [0.05, 0.1) is 27.8 Å². The van der Waals surface area contributed by atoms with Gasteiger partial charge in [0.15, 0.2) is 11.6 Å². The van der Waals surface area contributed by atoms with Crippen molar-refractivity contribution in [2.75, 3.05) is 24.5 Å². The third-order valence-corrected chi connectivity index (χ3v) is 6.70. The standard InChI is InChI=1S/C24H20Cl2F2N4O2/c25-17-5-3-14(11-18(17)26)23(33)32-10-7-21-16(13-32)22(30-24(29-21)31-8-1-2-9-31)34-15-4-6-19(27)20(28)12-15/h3-6,11-12H,1-2,7-10,13H2. The fourth-order valence-corrected chi connectivity index (χ4v) is 4.45. The quantitative estimate of drug-likeness (QED) is 0.459. The number of rotatable bonds is 4. The minimum atomic E-state index is -1.02. The molecule has 0 saturated carbocycles. The number of hydrogen-bond acceptors (Lipinski definition) is 5. The highest BCUT2D eigenvalue weighted by Crippen LogP contribution is 2.33. The number of halogens is 4. The van der Waals surface area contributed by atoms with E-state index in [1.165, 1.54) is 12.1 Å². The third-order valence-electron chi connectivity index (χ3n) is 5.96. The lowest BCUT2D eigenvalue weighted by Crippen LogP contribution is -2.37. The van der Waals surface area contributed by atoms with E-state index < -0.39 is 11.6 Å². The summed E-state index contributed by atoms with van der Waals surface area (Å²) < 4.78 is 33.1. The summed E-state index contributed by atoms with van der Waals surface area (Å²) in [6.07, 6.45) is 2.59. The first kappa shape index (κ1) is 22.8. The van der Waals surface area contributed by atoms with Crippen molar-refractivity contribution in [3.05, 3.63) is 74.9 Å². The van der Waals surface area contributed by atoms with Crippen LogP contribution in [0.2, 0.25) is 10.0 Å². The SMILES string of the molecule is O=C(c1ccc(Cl)c(Cl)c1)N1CCc2nc(N3CCCC3)nc(Oc3ccc(F)c(F)c3)c2C1. The van der Waals surface area contributed by atoms with Crippen LogP contribution in [-0.2, 0) is 13.0 Å². The number of amides is 1. The van der Waals surface area contributed by atoms with Crippen molar-refractivity contribution in [2.24, 2.45) is 0 Å². The Kier molecular flexibility index (Phi) is 6.27. The van der Waals surface area contributed by atoms with Gasteiger partial charge >= 0.3 is 0 Å².